The summed E-state index contributed by atoms with van der Waals surface area (Å²) in [6, 6.07) is 0. The van der Waals surface area contributed by atoms with Crippen LogP contribution >= 0.6 is 0 Å². The van der Waals surface area contributed by atoms with Crippen LogP contribution in [0.1, 0.15) is 46.0 Å². The number of ketones is 2. The minimum atomic E-state index is -0.523. The molecule has 0 aliphatic heterocycles. The van der Waals surface area contributed by atoms with E-state index in [0.717, 1.165) is 18.4 Å². The van der Waals surface area contributed by atoms with Crippen LogP contribution in [-0.2, 0) is 9.59 Å². The largest absolute Gasteiger partial charge is 0.507 e. The van der Waals surface area contributed by atoms with E-state index in [1.807, 2.05) is 19.9 Å². The molecule has 0 bridgehead atoms. The molecule has 0 amide bonds. The number of hydrogen-bond acceptors (Lipinski definition) is 3. The van der Waals surface area contributed by atoms with Gasteiger partial charge in [-0.1, -0.05) is 11.6 Å². The molecule has 3 heteroatoms. The highest BCUT2D eigenvalue weighted by Gasteiger charge is 2.34. The third-order valence-corrected chi connectivity index (χ3v) is 3.51. The minimum absolute atomic E-state index is 0.0619. The molecule has 0 atom stereocenters. The molecule has 2 aliphatic rings. The molecule has 0 aromatic rings. The minimum Gasteiger partial charge on any atom is -0.507 e. The first-order valence-electron chi connectivity index (χ1n) is 6.39. The zero-order valence-electron chi connectivity index (χ0n) is 10.9. The number of hydrogen-bond donors (Lipinski definition) is 1. The lowest BCUT2D eigenvalue weighted by atomic mass is 9.79. The van der Waals surface area contributed by atoms with Crippen LogP contribution in [0.3, 0.4) is 0 Å². The Balaban J connectivity index is 2.43. The van der Waals surface area contributed by atoms with Gasteiger partial charge in [-0.05, 0) is 46.0 Å². The summed E-state index contributed by atoms with van der Waals surface area (Å²) >= 11 is 0. The number of allylic oxidation sites excluding steroid dienone is 5. The molecule has 18 heavy (non-hydrogen) atoms. The van der Waals surface area contributed by atoms with Crippen molar-refractivity contribution in [2.45, 2.75) is 46.0 Å². The van der Waals surface area contributed by atoms with Crippen molar-refractivity contribution in [3.63, 3.8) is 0 Å². The van der Waals surface area contributed by atoms with E-state index in [4.69, 9.17) is 0 Å². The van der Waals surface area contributed by atoms with Crippen molar-refractivity contribution in [1.29, 1.82) is 0 Å². The van der Waals surface area contributed by atoms with E-state index in [1.54, 1.807) is 0 Å². The van der Waals surface area contributed by atoms with Gasteiger partial charge in [-0.25, -0.2) is 0 Å². The Morgan fingerprint density at radius 1 is 1.11 bits per heavy atom. The van der Waals surface area contributed by atoms with Crippen LogP contribution in [0.4, 0.5) is 0 Å². The topological polar surface area (TPSA) is 54.4 Å². The molecular formula is C15H18O3. The molecule has 0 saturated heterocycles. The van der Waals surface area contributed by atoms with Gasteiger partial charge in [0.1, 0.15) is 5.76 Å². The summed E-state index contributed by atoms with van der Waals surface area (Å²) in [6.45, 7) is 3.86. The summed E-state index contributed by atoms with van der Waals surface area (Å²) in [5.41, 5.74) is 2.59. The van der Waals surface area contributed by atoms with E-state index < -0.39 is 11.6 Å². The molecule has 0 unspecified atom stereocenters. The normalized spacial score (nSPS) is 20.1. The molecule has 0 aromatic heterocycles. The third kappa shape index (κ3) is 2.17. The van der Waals surface area contributed by atoms with Gasteiger partial charge in [-0.15, -0.1) is 0 Å². The van der Waals surface area contributed by atoms with Crippen LogP contribution in [0.2, 0.25) is 0 Å². The molecule has 3 nitrogen and oxygen atoms in total. The van der Waals surface area contributed by atoms with Crippen LogP contribution in [0.15, 0.2) is 34.1 Å². The lowest BCUT2D eigenvalue weighted by Crippen LogP contribution is -2.27. The molecule has 0 spiro atoms. The van der Waals surface area contributed by atoms with Crippen LogP contribution in [-0.4, -0.2) is 16.7 Å². The fraction of sp³-hybridized carbons (Fsp3) is 0.467. The van der Waals surface area contributed by atoms with E-state index in [1.165, 1.54) is 0 Å². The average molecular weight is 246 g/mol. The molecule has 0 aromatic carbocycles. The fourth-order valence-electron chi connectivity index (χ4n) is 2.48. The van der Waals surface area contributed by atoms with E-state index in [9.17, 15) is 14.7 Å². The molecule has 0 fully saturated rings. The number of aliphatic hydroxyl groups is 1. The molecule has 2 rings (SSSR count). The molecular weight excluding hydrogens is 228 g/mol. The van der Waals surface area contributed by atoms with Crippen molar-refractivity contribution in [3.8, 4) is 0 Å². The lowest BCUT2D eigenvalue weighted by Gasteiger charge is -2.24. The van der Waals surface area contributed by atoms with Gasteiger partial charge in [0, 0.05) is 16.7 Å². The number of carbonyl (C=O) groups is 2. The zero-order chi connectivity index (χ0) is 13.3. The Bertz CT molecular complexity index is 500. The van der Waals surface area contributed by atoms with Gasteiger partial charge < -0.3 is 5.11 Å². The maximum absolute atomic E-state index is 12.0. The first kappa shape index (κ1) is 12.8. The van der Waals surface area contributed by atoms with Gasteiger partial charge in [0.15, 0.2) is 0 Å². The Labute approximate surface area is 107 Å². The maximum Gasteiger partial charge on any atom is 0.233 e. The van der Waals surface area contributed by atoms with Crippen LogP contribution in [0, 0.1) is 0 Å². The predicted octanol–water partition coefficient (Wildman–Crippen LogP) is 3.18. The fourth-order valence-corrected chi connectivity index (χ4v) is 2.48. The summed E-state index contributed by atoms with van der Waals surface area (Å²) in [6.07, 6.45) is 5.44. The second-order valence-electron chi connectivity index (χ2n) is 5.14. The van der Waals surface area contributed by atoms with Crippen LogP contribution in [0.25, 0.3) is 0 Å². The van der Waals surface area contributed by atoms with Crippen LogP contribution < -0.4 is 0 Å². The van der Waals surface area contributed by atoms with E-state index >= 15 is 0 Å². The van der Waals surface area contributed by atoms with Crippen molar-refractivity contribution >= 4 is 11.6 Å². The molecule has 0 saturated carbocycles. The maximum atomic E-state index is 12.0. The van der Waals surface area contributed by atoms with Crippen LogP contribution in [0.5, 0.6) is 0 Å². The first-order valence-corrected chi connectivity index (χ1v) is 6.39. The van der Waals surface area contributed by atoms with Gasteiger partial charge >= 0.3 is 0 Å². The Morgan fingerprint density at radius 2 is 1.72 bits per heavy atom. The van der Waals surface area contributed by atoms with Gasteiger partial charge in [0.25, 0.3) is 0 Å². The Kier molecular flexibility index (Phi) is 3.50. The summed E-state index contributed by atoms with van der Waals surface area (Å²) in [5.74, 6) is -0.864. The average Bonchev–Trinajstić information content (AvgIpc) is 2.36. The summed E-state index contributed by atoms with van der Waals surface area (Å²) in [4.78, 5) is 24.0. The SMILES string of the molecule is CC(C)=CCC1=C(O)C2=C(CCCC2)C(=O)C1=O. The van der Waals surface area contributed by atoms with Crippen molar-refractivity contribution in [2.75, 3.05) is 0 Å². The number of aliphatic hydroxyl groups excluding tert-OH is 1. The van der Waals surface area contributed by atoms with Crippen molar-refractivity contribution < 1.29 is 14.7 Å². The van der Waals surface area contributed by atoms with Crippen molar-refractivity contribution in [2.24, 2.45) is 0 Å². The zero-order valence-corrected chi connectivity index (χ0v) is 10.9. The van der Waals surface area contributed by atoms with Gasteiger partial charge in [0.2, 0.25) is 11.6 Å². The summed E-state index contributed by atoms with van der Waals surface area (Å²) in [5, 5.41) is 10.2. The Hall–Kier alpha value is -1.64. The first-order chi connectivity index (χ1) is 8.52. The molecule has 96 valence electrons. The van der Waals surface area contributed by atoms with Gasteiger partial charge in [-0.2, -0.15) is 0 Å². The Morgan fingerprint density at radius 3 is 2.33 bits per heavy atom. The third-order valence-electron chi connectivity index (χ3n) is 3.51. The van der Waals surface area contributed by atoms with E-state index in [0.29, 0.717) is 30.4 Å². The number of Topliss-reactive ketones (excluding diaryl/α,β-unsaturated/α-hetero) is 2. The smallest absolute Gasteiger partial charge is 0.233 e. The van der Waals surface area contributed by atoms with E-state index in [2.05, 4.69) is 0 Å². The molecule has 1 N–H and O–H groups in total. The quantitative estimate of drug-likeness (QED) is 0.462. The van der Waals surface area contributed by atoms with Gasteiger partial charge in [0.05, 0.1) is 0 Å². The number of carbonyl (C=O) groups excluding carboxylic acids is 2. The van der Waals surface area contributed by atoms with Gasteiger partial charge in [-0.3, -0.25) is 9.59 Å². The highest BCUT2D eigenvalue weighted by atomic mass is 16.3. The van der Waals surface area contributed by atoms with Crippen molar-refractivity contribution in [3.05, 3.63) is 34.1 Å². The lowest BCUT2D eigenvalue weighted by molar-refractivity contribution is -0.132. The second-order valence-corrected chi connectivity index (χ2v) is 5.14. The summed E-state index contributed by atoms with van der Waals surface area (Å²) in [7, 11) is 0. The molecule has 2 aliphatic carbocycles. The standard InChI is InChI=1S/C15H18O3/c1-9(2)7-8-12-13(16)10-5-3-4-6-11(10)14(17)15(12)18/h7,16H,3-6,8H2,1-2H3. The summed E-state index contributed by atoms with van der Waals surface area (Å²) < 4.78 is 0. The van der Waals surface area contributed by atoms with Crippen molar-refractivity contribution in [1.82, 2.24) is 0 Å². The molecule has 0 heterocycles. The second kappa shape index (κ2) is 4.92. The highest BCUT2D eigenvalue weighted by molar-refractivity contribution is 6.50. The monoisotopic (exact) mass is 246 g/mol. The van der Waals surface area contributed by atoms with E-state index in [-0.39, 0.29) is 11.3 Å². The molecule has 0 radical (unpaired) electrons. The number of rotatable bonds is 2. The highest BCUT2D eigenvalue weighted by Crippen LogP contribution is 2.35. The predicted molar refractivity (Wildman–Crippen MR) is 69.2 cm³/mol.